The maximum atomic E-state index is 13.0. The van der Waals surface area contributed by atoms with Crippen molar-refractivity contribution in [1.29, 1.82) is 0 Å². The molecule has 5 rings (SSSR count). The number of hydrogen-bond donors (Lipinski definition) is 1. The minimum atomic E-state index is -4.14. The van der Waals surface area contributed by atoms with Gasteiger partial charge in [-0.05, 0) is 43.3 Å². The summed E-state index contributed by atoms with van der Waals surface area (Å²) in [4.78, 5) is 30.0. The number of oxazole rings is 1. The topological polar surface area (TPSA) is 122 Å². The van der Waals surface area contributed by atoms with Crippen LogP contribution in [0.3, 0.4) is 0 Å². The van der Waals surface area contributed by atoms with Crippen LogP contribution in [0.1, 0.15) is 26.3 Å². The molecular weight excluding hydrogens is 488 g/mol. The summed E-state index contributed by atoms with van der Waals surface area (Å²) in [6, 6.07) is 19.8. The van der Waals surface area contributed by atoms with Crippen molar-refractivity contribution in [2.45, 2.75) is 17.0 Å². The summed E-state index contributed by atoms with van der Waals surface area (Å²) in [6.45, 7) is 1.84. The predicted octanol–water partition coefficient (Wildman–Crippen LogP) is 3.82. The van der Waals surface area contributed by atoms with E-state index in [0.29, 0.717) is 11.1 Å². The zero-order chi connectivity index (χ0) is 24.6. The molecular formula is C24H18N4O5S2. The molecule has 0 atom stereocenters. The predicted molar refractivity (Wildman–Crippen MR) is 131 cm³/mol. The smallest absolute Gasteiger partial charge is 0.284 e. The lowest BCUT2D eigenvalue weighted by Crippen LogP contribution is -2.47. The molecule has 0 saturated heterocycles. The largest absolute Gasteiger partial charge is 0.431 e. The highest BCUT2D eigenvalue weighted by atomic mass is 32.2. The molecule has 11 heteroatoms. The number of benzene rings is 3. The number of hydrazine groups is 1. The van der Waals surface area contributed by atoms with Crippen LogP contribution >= 0.6 is 11.8 Å². The van der Waals surface area contributed by atoms with Gasteiger partial charge in [0.15, 0.2) is 5.58 Å². The van der Waals surface area contributed by atoms with Gasteiger partial charge in [0.2, 0.25) is 0 Å². The second-order valence-electron chi connectivity index (χ2n) is 7.67. The molecule has 9 nitrogen and oxygen atoms in total. The summed E-state index contributed by atoms with van der Waals surface area (Å²) >= 11 is 1.08. The van der Waals surface area contributed by atoms with E-state index in [0.717, 1.165) is 22.3 Å². The van der Waals surface area contributed by atoms with Gasteiger partial charge in [-0.2, -0.15) is 13.4 Å². The Morgan fingerprint density at radius 1 is 0.971 bits per heavy atom. The van der Waals surface area contributed by atoms with Crippen LogP contribution in [-0.4, -0.2) is 41.8 Å². The summed E-state index contributed by atoms with van der Waals surface area (Å²) in [6.07, 6.45) is 0. The molecule has 4 aromatic rings. The molecule has 0 aliphatic carbocycles. The van der Waals surface area contributed by atoms with Gasteiger partial charge in [-0.3, -0.25) is 15.0 Å². The van der Waals surface area contributed by atoms with Crippen molar-refractivity contribution in [2.75, 3.05) is 5.75 Å². The quantitative estimate of drug-likeness (QED) is 0.181. The van der Waals surface area contributed by atoms with E-state index in [1.807, 2.05) is 19.1 Å². The zero-order valence-corrected chi connectivity index (χ0v) is 20.0. The van der Waals surface area contributed by atoms with Crippen LogP contribution in [0.25, 0.3) is 11.1 Å². The number of nitrogens with one attached hydrogen (secondary N) is 1. The number of rotatable bonds is 6. The number of amides is 2. The van der Waals surface area contributed by atoms with E-state index in [2.05, 4.69) is 14.8 Å². The number of para-hydroxylation sites is 2. The number of hydrogen-bond acceptors (Lipinski definition) is 7. The molecule has 1 N–H and O–H groups in total. The van der Waals surface area contributed by atoms with Crippen molar-refractivity contribution in [2.24, 2.45) is 4.40 Å². The van der Waals surface area contributed by atoms with Crippen LogP contribution in [0.4, 0.5) is 0 Å². The highest BCUT2D eigenvalue weighted by molar-refractivity contribution is 7.99. The number of fused-ring (bicyclic) bond motifs is 2. The number of imide groups is 1. The Hall–Kier alpha value is -3.96. The van der Waals surface area contributed by atoms with Crippen molar-refractivity contribution in [1.82, 2.24) is 15.4 Å². The number of carbonyl (C=O) groups excluding carboxylic acids is 2. The lowest BCUT2D eigenvalue weighted by atomic mass is 10.1. The third-order valence-corrected chi connectivity index (χ3v) is 7.36. The van der Waals surface area contributed by atoms with Crippen LogP contribution in [0.15, 0.2) is 91.7 Å². The van der Waals surface area contributed by atoms with E-state index in [1.54, 1.807) is 36.4 Å². The Kier molecular flexibility index (Phi) is 5.87. The molecule has 1 aromatic heterocycles. The molecule has 0 bridgehead atoms. The van der Waals surface area contributed by atoms with Crippen LogP contribution in [0, 0.1) is 6.92 Å². The van der Waals surface area contributed by atoms with Gasteiger partial charge >= 0.3 is 0 Å². The average Bonchev–Trinajstić information content (AvgIpc) is 3.37. The maximum Gasteiger partial charge on any atom is 0.284 e. The van der Waals surface area contributed by atoms with Gasteiger partial charge < -0.3 is 4.42 Å². The zero-order valence-electron chi connectivity index (χ0n) is 18.3. The van der Waals surface area contributed by atoms with Crippen molar-refractivity contribution < 1.29 is 22.4 Å². The van der Waals surface area contributed by atoms with E-state index >= 15 is 0 Å². The summed E-state index contributed by atoms with van der Waals surface area (Å²) in [5, 5.41) is 1.05. The van der Waals surface area contributed by atoms with Crippen molar-refractivity contribution in [3.8, 4) is 0 Å². The molecule has 2 amide bonds. The van der Waals surface area contributed by atoms with Gasteiger partial charge in [-0.1, -0.05) is 53.7 Å². The number of aryl methyl sites for hydroxylation is 1. The molecule has 176 valence electrons. The normalized spacial score (nSPS) is 14.0. The summed E-state index contributed by atoms with van der Waals surface area (Å²) in [5.74, 6) is -1.39. The van der Waals surface area contributed by atoms with Gasteiger partial charge in [0.05, 0.1) is 21.8 Å². The third-order valence-electron chi connectivity index (χ3n) is 5.19. The van der Waals surface area contributed by atoms with E-state index in [1.165, 1.54) is 24.3 Å². The Bertz CT molecular complexity index is 1530. The van der Waals surface area contributed by atoms with Gasteiger partial charge in [0, 0.05) is 0 Å². The number of amidine groups is 1. The van der Waals surface area contributed by atoms with Crippen LogP contribution in [-0.2, 0) is 10.0 Å². The van der Waals surface area contributed by atoms with Gasteiger partial charge in [-0.15, -0.1) is 4.40 Å². The average molecular weight is 507 g/mol. The van der Waals surface area contributed by atoms with E-state index in [9.17, 15) is 18.0 Å². The highest BCUT2D eigenvalue weighted by Crippen LogP contribution is 2.25. The Morgan fingerprint density at radius 2 is 1.60 bits per heavy atom. The second kappa shape index (κ2) is 9.01. The molecule has 2 heterocycles. The third kappa shape index (κ3) is 4.55. The van der Waals surface area contributed by atoms with Crippen LogP contribution in [0.2, 0.25) is 0 Å². The summed E-state index contributed by atoms with van der Waals surface area (Å²) in [5.41, 5.74) is 5.18. The van der Waals surface area contributed by atoms with Crippen molar-refractivity contribution >= 4 is 50.5 Å². The Morgan fingerprint density at radius 3 is 2.26 bits per heavy atom. The first kappa shape index (κ1) is 22.8. The lowest BCUT2D eigenvalue weighted by molar-refractivity contribution is 0.0611. The van der Waals surface area contributed by atoms with Crippen molar-refractivity contribution in [3.05, 3.63) is 89.5 Å². The molecule has 0 unspecified atom stereocenters. The number of nitrogens with zero attached hydrogens (tertiary/aromatic N) is 3. The number of carbonyl (C=O) groups is 2. The molecule has 1 aliphatic rings. The monoisotopic (exact) mass is 506 g/mol. The summed E-state index contributed by atoms with van der Waals surface area (Å²) < 4.78 is 35.6. The fourth-order valence-electron chi connectivity index (χ4n) is 3.45. The molecule has 35 heavy (non-hydrogen) atoms. The minimum absolute atomic E-state index is 0.0170. The molecule has 0 saturated carbocycles. The van der Waals surface area contributed by atoms with Gasteiger partial charge in [0.25, 0.3) is 27.1 Å². The van der Waals surface area contributed by atoms with Crippen LogP contribution in [0.5, 0.6) is 0 Å². The SMILES string of the molecule is Cc1ccc(S(=O)(=O)N=C(CSc2nc3ccccc3o2)NN2C(=O)c3ccccc3C2=O)cc1. The van der Waals surface area contributed by atoms with E-state index in [4.69, 9.17) is 4.42 Å². The first-order chi connectivity index (χ1) is 16.8. The standard InChI is InChI=1S/C24H18N4O5S2/c1-15-10-12-16(13-11-15)35(31,32)27-21(14-34-24-25-19-8-4-5-9-20(19)33-24)26-28-22(29)17-6-2-3-7-18(17)23(28)30/h2-13H,14H2,1H3,(H,26,27). The summed E-state index contributed by atoms with van der Waals surface area (Å²) in [7, 11) is -4.14. The fourth-order valence-corrected chi connectivity index (χ4v) is 5.21. The molecule has 3 aromatic carbocycles. The molecule has 0 radical (unpaired) electrons. The van der Waals surface area contributed by atoms with E-state index in [-0.39, 0.29) is 32.8 Å². The Balaban J connectivity index is 1.46. The molecule has 0 spiro atoms. The number of thioether (sulfide) groups is 1. The first-order valence-electron chi connectivity index (χ1n) is 10.5. The Labute approximate surface area is 204 Å². The molecule has 0 fully saturated rings. The minimum Gasteiger partial charge on any atom is -0.431 e. The molecule has 1 aliphatic heterocycles. The van der Waals surface area contributed by atoms with Crippen molar-refractivity contribution in [3.63, 3.8) is 0 Å². The maximum absolute atomic E-state index is 13.0. The second-order valence-corrected chi connectivity index (χ2v) is 10.2. The van der Waals surface area contributed by atoms with Crippen LogP contribution < -0.4 is 5.43 Å². The number of aromatic nitrogens is 1. The fraction of sp³-hybridized carbons (Fsp3) is 0.0833. The number of sulfonamides is 1. The van der Waals surface area contributed by atoms with Gasteiger partial charge in [-0.25, -0.2) is 4.98 Å². The first-order valence-corrected chi connectivity index (χ1v) is 12.9. The van der Waals surface area contributed by atoms with Gasteiger partial charge in [0.1, 0.15) is 11.4 Å². The van der Waals surface area contributed by atoms with E-state index < -0.39 is 21.8 Å². The lowest BCUT2D eigenvalue weighted by Gasteiger charge is -2.17. The highest BCUT2D eigenvalue weighted by Gasteiger charge is 2.36.